The number of nitrogens with one attached hydrogen (secondary N) is 1. The fraction of sp³-hybridized carbons (Fsp3) is 0.300. The number of nitrogens with zero attached hydrogens (tertiary/aromatic N) is 1. The molecule has 0 aromatic heterocycles. The Morgan fingerprint density at radius 1 is 1.15 bits per heavy atom. The van der Waals surface area contributed by atoms with Crippen LogP contribution in [0.2, 0.25) is 0 Å². The zero-order valence-electron chi connectivity index (χ0n) is 15.3. The van der Waals surface area contributed by atoms with E-state index in [1.807, 2.05) is 36.4 Å². The second kappa shape index (κ2) is 8.66. The molecule has 0 bridgehead atoms. The highest BCUT2D eigenvalue weighted by atomic mass is 16.7. The Labute approximate surface area is 157 Å². The molecule has 0 atom stereocenters. The Kier molecular flexibility index (Phi) is 6.05. The number of carbonyl (C=O) groups excluding carboxylic acids is 2. The molecule has 7 nitrogen and oxygen atoms in total. The molecule has 142 valence electrons. The minimum atomic E-state index is -0.486. The molecule has 0 unspecified atom stereocenters. The molecule has 1 heterocycles. The van der Waals surface area contributed by atoms with Crippen LogP contribution < -0.4 is 15.0 Å². The van der Waals surface area contributed by atoms with Crippen molar-refractivity contribution in [3.63, 3.8) is 0 Å². The molecule has 1 aliphatic heterocycles. The number of anilines is 1. The molecule has 2 aromatic rings. The summed E-state index contributed by atoms with van der Waals surface area (Å²) >= 11 is 0. The molecule has 2 aromatic carbocycles. The van der Waals surface area contributed by atoms with Gasteiger partial charge in [0.1, 0.15) is 5.75 Å². The third-order valence-electron chi connectivity index (χ3n) is 4.32. The summed E-state index contributed by atoms with van der Waals surface area (Å²) in [5, 5.41) is 2.75. The van der Waals surface area contributed by atoms with Crippen molar-refractivity contribution in [2.24, 2.45) is 0 Å². The van der Waals surface area contributed by atoms with E-state index in [1.165, 1.54) is 14.2 Å². The summed E-state index contributed by atoms with van der Waals surface area (Å²) < 4.78 is 15.5. The average Bonchev–Trinajstić information content (AvgIpc) is 2.71. The maximum atomic E-state index is 12.3. The van der Waals surface area contributed by atoms with Gasteiger partial charge in [-0.2, -0.15) is 0 Å². The van der Waals surface area contributed by atoms with Gasteiger partial charge in [0.25, 0.3) is 11.8 Å². The summed E-state index contributed by atoms with van der Waals surface area (Å²) in [6.45, 7) is 0.695. The lowest BCUT2D eigenvalue weighted by atomic mass is 10.1. The standard InChI is InChI=1S/C20H22N2O5/c1-25-19(26-2)11-21-20(24)15-9-7-14(8-10-15)12-22-16-5-3-4-6-17(16)27-13-18(22)23/h3-10,19H,11-13H2,1-2H3,(H,21,24). The summed E-state index contributed by atoms with van der Waals surface area (Å²) in [7, 11) is 3.03. The SMILES string of the molecule is COC(CNC(=O)c1ccc(CN2C(=O)COc3ccccc32)cc1)OC. The summed E-state index contributed by atoms with van der Waals surface area (Å²) in [4.78, 5) is 26.1. The lowest BCUT2D eigenvalue weighted by Gasteiger charge is -2.29. The van der Waals surface area contributed by atoms with Crippen molar-refractivity contribution in [2.75, 3.05) is 32.3 Å². The first kappa shape index (κ1) is 18.9. The van der Waals surface area contributed by atoms with Gasteiger partial charge in [0, 0.05) is 19.8 Å². The number of rotatable bonds is 7. The van der Waals surface area contributed by atoms with Gasteiger partial charge >= 0.3 is 0 Å². The Bertz CT molecular complexity index is 802. The van der Waals surface area contributed by atoms with E-state index >= 15 is 0 Å². The molecule has 0 aliphatic carbocycles. The number of ether oxygens (including phenoxy) is 3. The van der Waals surface area contributed by atoms with Crippen LogP contribution in [0.3, 0.4) is 0 Å². The molecule has 27 heavy (non-hydrogen) atoms. The van der Waals surface area contributed by atoms with Crippen molar-refractivity contribution >= 4 is 17.5 Å². The van der Waals surface area contributed by atoms with Crippen LogP contribution in [0.15, 0.2) is 48.5 Å². The number of amides is 2. The lowest BCUT2D eigenvalue weighted by Crippen LogP contribution is -2.38. The first-order chi connectivity index (χ1) is 13.1. The third kappa shape index (κ3) is 4.45. The van der Waals surface area contributed by atoms with Crippen molar-refractivity contribution in [3.8, 4) is 5.75 Å². The molecule has 0 fully saturated rings. The number of hydrogen-bond acceptors (Lipinski definition) is 5. The maximum absolute atomic E-state index is 12.3. The van der Waals surface area contributed by atoms with Gasteiger partial charge < -0.3 is 24.4 Å². The number of fused-ring (bicyclic) bond motifs is 1. The highest BCUT2D eigenvalue weighted by molar-refractivity contribution is 5.98. The van der Waals surface area contributed by atoms with Gasteiger partial charge in [-0.05, 0) is 29.8 Å². The summed E-state index contributed by atoms with van der Waals surface area (Å²) in [5.74, 6) is 0.382. The lowest BCUT2D eigenvalue weighted by molar-refractivity contribution is -0.121. The average molecular weight is 370 g/mol. The van der Waals surface area contributed by atoms with Gasteiger partial charge in [0.15, 0.2) is 12.9 Å². The van der Waals surface area contributed by atoms with Crippen LogP contribution in [0.25, 0.3) is 0 Å². The second-order valence-electron chi connectivity index (χ2n) is 6.04. The van der Waals surface area contributed by atoms with Gasteiger partial charge in [0.2, 0.25) is 0 Å². The van der Waals surface area contributed by atoms with Gasteiger partial charge in [-0.25, -0.2) is 0 Å². The summed E-state index contributed by atoms with van der Waals surface area (Å²) in [6.07, 6.45) is -0.486. The van der Waals surface area contributed by atoms with Crippen LogP contribution >= 0.6 is 0 Å². The van der Waals surface area contributed by atoms with Gasteiger partial charge in [0.05, 0.1) is 18.8 Å². The Hall–Kier alpha value is -2.90. The van der Waals surface area contributed by atoms with Gasteiger partial charge in [-0.3, -0.25) is 9.59 Å². The van der Waals surface area contributed by atoms with E-state index in [-0.39, 0.29) is 25.0 Å². The first-order valence-electron chi connectivity index (χ1n) is 8.57. The van der Waals surface area contributed by atoms with E-state index in [9.17, 15) is 9.59 Å². The predicted molar refractivity (Wildman–Crippen MR) is 99.7 cm³/mol. The predicted octanol–water partition coefficient (Wildman–Crippen LogP) is 1.96. The fourth-order valence-electron chi connectivity index (χ4n) is 2.81. The normalized spacial score (nSPS) is 13.3. The second-order valence-corrected chi connectivity index (χ2v) is 6.04. The number of methoxy groups -OCH3 is 2. The van der Waals surface area contributed by atoms with Crippen LogP contribution in [-0.4, -0.2) is 45.5 Å². The molecule has 1 aliphatic rings. The van der Waals surface area contributed by atoms with E-state index in [0.717, 1.165) is 11.3 Å². The smallest absolute Gasteiger partial charge is 0.265 e. The van der Waals surface area contributed by atoms with E-state index in [1.54, 1.807) is 17.0 Å². The van der Waals surface area contributed by atoms with Gasteiger partial charge in [-0.1, -0.05) is 24.3 Å². The summed E-state index contributed by atoms with van der Waals surface area (Å²) in [5.41, 5.74) is 2.20. The molecule has 0 radical (unpaired) electrons. The molecular weight excluding hydrogens is 348 g/mol. The summed E-state index contributed by atoms with van der Waals surface area (Å²) in [6, 6.07) is 14.6. The van der Waals surface area contributed by atoms with Crippen molar-refractivity contribution in [1.29, 1.82) is 0 Å². The molecule has 0 spiro atoms. The highest BCUT2D eigenvalue weighted by Gasteiger charge is 2.25. The van der Waals surface area contributed by atoms with Crippen molar-refractivity contribution < 1.29 is 23.8 Å². The number of hydrogen-bond donors (Lipinski definition) is 1. The Balaban J connectivity index is 1.66. The zero-order valence-corrected chi connectivity index (χ0v) is 15.3. The van der Waals surface area contributed by atoms with E-state index in [2.05, 4.69) is 5.32 Å². The van der Waals surface area contributed by atoms with E-state index < -0.39 is 6.29 Å². The number of para-hydroxylation sites is 2. The fourth-order valence-corrected chi connectivity index (χ4v) is 2.81. The molecule has 0 saturated carbocycles. The maximum Gasteiger partial charge on any atom is 0.265 e. The monoisotopic (exact) mass is 370 g/mol. The molecule has 7 heteroatoms. The number of carbonyl (C=O) groups is 2. The van der Waals surface area contributed by atoms with Crippen molar-refractivity contribution in [2.45, 2.75) is 12.8 Å². The first-order valence-corrected chi connectivity index (χ1v) is 8.57. The van der Waals surface area contributed by atoms with Crippen LogP contribution in [0, 0.1) is 0 Å². The van der Waals surface area contributed by atoms with Crippen molar-refractivity contribution in [1.82, 2.24) is 5.32 Å². The number of benzene rings is 2. The van der Waals surface area contributed by atoms with Gasteiger partial charge in [-0.15, -0.1) is 0 Å². The molecule has 0 saturated heterocycles. The van der Waals surface area contributed by atoms with Crippen LogP contribution in [0.1, 0.15) is 15.9 Å². The molecule has 2 amide bonds. The van der Waals surface area contributed by atoms with E-state index in [4.69, 9.17) is 14.2 Å². The van der Waals surface area contributed by atoms with Crippen molar-refractivity contribution in [3.05, 3.63) is 59.7 Å². The Morgan fingerprint density at radius 3 is 2.56 bits per heavy atom. The topological polar surface area (TPSA) is 77.1 Å². The van der Waals surface area contributed by atoms with Crippen LogP contribution in [-0.2, 0) is 20.8 Å². The minimum absolute atomic E-state index is 0.0255. The van der Waals surface area contributed by atoms with Crippen LogP contribution in [0.5, 0.6) is 5.75 Å². The third-order valence-corrected chi connectivity index (χ3v) is 4.32. The molecular formula is C20H22N2O5. The largest absolute Gasteiger partial charge is 0.482 e. The van der Waals surface area contributed by atoms with Crippen LogP contribution in [0.4, 0.5) is 5.69 Å². The Morgan fingerprint density at radius 2 is 1.85 bits per heavy atom. The zero-order chi connectivity index (χ0) is 19.2. The minimum Gasteiger partial charge on any atom is -0.482 e. The molecule has 1 N–H and O–H groups in total. The van der Waals surface area contributed by atoms with E-state index in [0.29, 0.717) is 17.9 Å². The molecule has 3 rings (SSSR count). The highest BCUT2D eigenvalue weighted by Crippen LogP contribution is 2.32. The quantitative estimate of drug-likeness (QED) is 0.754.